The molecule has 0 spiro atoms. The van der Waals surface area contributed by atoms with E-state index in [1.54, 1.807) is 6.08 Å². The standard InChI is InChI=1S/C26H30N2O2/c1-6-8-17-9-7-10-18(25(17)30)24-23-21(13-26(4,5)14-22(23)29)27-19-11-15(2)16(3)12-20(19)28-24/h6-7,9-13,23-24,27-28,30H,1,8,14H2,2-5H3/t23-,24-/m1/s1. The van der Waals surface area contributed by atoms with Crippen LogP contribution in [0.25, 0.3) is 0 Å². The number of Topliss-reactive ketones (excluding diaryl/α,β-unsaturated/α-hetero) is 1. The number of aryl methyl sites for hydroxylation is 2. The Hall–Kier alpha value is -3.01. The van der Waals surface area contributed by atoms with Crippen LogP contribution in [0.4, 0.5) is 11.4 Å². The molecule has 2 atom stereocenters. The van der Waals surface area contributed by atoms with Gasteiger partial charge in [-0.25, -0.2) is 0 Å². The lowest BCUT2D eigenvalue weighted by atomic mass is 9.72. The maximum absolute atomic E-state index is 13.4. The lowest BCUT2D eigenvalue weighted by Crippen LogP contribution is -2.36. The van der Waals surface area contributed by atoms with Crippen molar-refractivity contribution in [3.05, 3.63) is 77.0 Å². The number of hydrogen-bond donors (Lipinski definition) is 3. The van der Waals surface area contributed by atoms with Crippen LogP contribution in [-0.4, -0.2) is 10.9 Å². The van der Waals surface area contributed by atoms with Gasteiger partial charge in [0.15, 0.2) is 0 Å². The van der Waals surface area contributed by atoms with Gasteiger partial charge >= 0.3 is 0 Å². The quantitative estimate of drug-likeness (QED) is 0.567. The van der Waals surface area contributed by atoms with Crippen LogP contribution >= 0.6 is 0 Å². The Balaban J connectivity index is 1.92. The molecule has 156 valence electrons. The van der Waals surface area contributed by atoms with Gasteiger partial charge in [-0.05, 0) is 54.5 Å². The predicted octanol–water partition coefficient (Wildman–Crippen LogP) is 5.82. The molecule has 2 aromatic rings. The highest BCUT2D eigenvalue weighted by Gasteiger charge is 2.42. The number of benzene rings is 2. The number of para-hydroxylation sites is 1. The Morgan fingerprint density at radius 1 is 1.20 bits per heavy atom. The molecule has 4 heteroatoms. The Morgan fingerprint density at radius 2 is 1.90 bits per heavy atom. The second-order valence-corrected chi connectivity index (χ2v) is 9.29. The first-order chi connectivity index (χ1) is 14.2. The van der Waals surface area contributed by atoms with E-state index >= 15 is 0 Å². The number of rotatable bonds is 3. The van der Waals surface area contributed by atoms with Crippen molar-refractivity contribution in [1.82, 2.24) is 0 Å². The number of allylic oxidation sites excluding steroid dienone is 2. The SMILES string of the molecule is C=CCc1cccc([C@H]2Nc3cc(C)c(C)cc3NC3=CC(C)(C)CC(=O)[C@@H]32)c1O. The zero-order valence-electron chi connectivity index (χ0n) is 18.2. The van der Waals surface area contributed by atoms with Crippen molar-refractivity contribution < 1.29 is 9.90 Å². The summed E-state index contributed by atoms with van der Waals surface area (Å²) in [5.74, 6) is 0.0207. The Kier molecular flexibility index (Phi) is 4.97. The third-order valence-corrected chi connectivity index (χ3v) is 6.27. The van der Waals surface area contributed by atoms with Crippen molar-refractivity contribution >= 4 is 17.2 Å². The van der Waals surface area contributed by atoms with Gasteiger partial charge in [0.25, 0.3) is 0 Å². The first kappa shape index (κ1) is 20.3. The van der Waals surface area contributed by atoms with Gasteiger partial charge in [0, 0.05) is 17.7 Å². The minimum Gasteiger partial charge on any atom is -0.507 e. The number of aromatic hydroxyl groups is 1. The fourth-order valence-electron chi connectivity index (χ4n) is 4.66. The summed E-state index contributed by atoms with van der Waals surface area (Å²) in [6.45, 7) is 12.1. The molecule has 2 aliphatic rings. The van der Waals surface area contributed by atoms with Crippen LogP contribution in [0, 0.1) is 25.2 Å². The average molecular weight is 403 g/mol. The van der Waals surface area contributed by atoms with Gasteiger partial charge in [-0.3, -0.25) is 4.79 Å². The molecule has 1 heterocycles. The van der Waals surface area contributed by atoms with E-state index in [2.05, 4.69) is 63.1 Å². The van der Waals surface area contributed by atoms with Crippen molar-refractivity contribution in [2.24, 2.45) is 11.3 Å². The highest BCUT2D eigenvalue weighted by Crippen LogP contribution is 2.47. The molecule has 3 N–H and O–H groups in total. The lowest BCUT2D eigenvalue weighted by molar-refractivity contribution is -0.124. The molecule has 4 rings (SSSR count). The van der Waals surface area contributed by atoms with Crippen LogP contribution in [-0.2, 0) is 11.2 Å². The van der Waals surface area contributed by atoms with Gasteiger partial charge in [0.2, 0.25) is 0 Å². The van der Waals surface area contributed by atoms with Crippen LogP contribution < -0.4 is 10.6 Å². The molecular weight excluding hydrogens is 372 g/mol. The number of phenolic OH excluding ortho intramolecular Hbond substituents is 1. The van der Waals surface area contributed by atoms with E-state index in [4.69, 9.17) is 0 Å². The molecule has 4 nitrogen and oxygen atoms in total. The fraction of sp³-hybridized carbons (Fsp3) is 0.346. The summed E-state index contributed by atoms with van der Waals surface area (Å²) in [4.78, 5) is 13.4. The smallest absolute Gasteiger partial charge is 0.145 e. The summed E-state index contributed by atoms with van der Waals surface area (Å²) in [5, 5.41) is 18.2. The van der Waals surface area contributed by atoms with E-state index in [9.17, 15) is 9.90 Å². The fourth-order valence-corrected chi connectivity index (χ4v) is 4.66. The largest absolute Gasteiger partial charge is 0.507 e. The highest BCUT2D eigenvalue weighted by molar-refractivity contribution is 5.90. The summed E-state index contributed by atoms with van der Waals surface area (Å²) >= 11 is 0. The number of nitrogens with one attached hydrogen (secondary N) is 2. The summed E-state index contributed by atoms with van der Waals surface area (Å²) in [7, 11) is 0. The molecule has 0 amide bonds. The van der Waals surface area contributed by atoms with Crippen LogP contribution in [0.5, 0.6) is 5.75 Å². The monoisotopic (exact) mass is 402 g/mol. The number of carbonyl (C=O) groups excluding carboxylic acids is 1. The van der Waals surface area contributed by atoms with Crippen LogP contribution in [0.1, 0.15) is 48.6 Å². The van der Waals surface area contributed by atoms with Gasteiger partial charge in [-0.15, -0.1) is 6.58 Å². The van der Waals surface area contributed by atoms with Crippen molar-refractivity contribution in [2.45, 2.75) is 46.6 Å². The number of anilines is 2. The molecule has 0 radical (unpaired) electrons. The van der Waals surface area contributed by atoms with Crippen molar-refractivity contribution in [1.29, 1.82) is 0 Å². The molecule has 0 saturated heterocycles. The second-order valence-electron chi connectivity index (χ2n) is 9.29. The molecule has 0 aromatic heterocycles. The molecule has 0 unspecified atom stereocenters. The highest BCUT2D eigenvalue weighted by atomic mass is 16.3. The third kappa shape index (κ3) is 3.51. The minimum atomic E-state index is -0.393. The van der Waals surface area contributed by atoms with Crippen molar-refractivity contribution in [3.63, 3.8) is 0 Å². The number of carbonyl (C=O) groups is 1. The number of phenols is 1. The van der Waals surface area contributed by atoms with Crippen molar-refractivity contribution in [3.8, 4) is 5.75 Å². The van der Waals surface area contributed by atoms with E-state index < -0.39 is 5.92 Å². The molecular formula is C26H30N2O2. The normalized spacial score (nSPS) is 22.0. The first-order valence-corrected chi connectivity index (χ1v) is 10.5. The molecule has 1 aliphatic carbocycles. The van der Waals surface area contributed by atoms with E-state index in [1.807, 2.05) is 18.2 Å². The summed E-state index contributed by atoms with van der Waals surface area (Å²) < 4.78 is 0. The van der Waals surface area contributed by atoms with Crippen LogP contribution in [0.15, 0.2) is 54.8 Å². The van der Waals surface area contributed by atoms with E-state index in [0.29, 0.717) is 12.8 Å². The molecule has 0 bridgehead atoms. The molecule has 0 saturated carbocycles. The number of fused-ring (bicyclic) bond motifs is 2. The van der Waals surface area contributed by atoms with Gasteiger partial charge in [0.05, 0.1) is 23.3 Å². The predicted molar refractivity (Wildman–Crippen MR) is 123 cm³/mol. The average Bonchev–Trinajstić information content (AvgIpc) is 2.79. The summed E-state index contributed by atoms with van der Waals surface area (Å²) in [6.07, 6.45) is 5.01. The molecule has 30 heavy (non-hydrogen) atoms. The Labute approximate surface area is 178 Å². The Bertz CT molecular complexity index is 1060. The van der Waals surface area contributed by atoms with Gasteiger partial charge in [-0.2, -0.15) is 0 Å². The molecule has 0 fully saturated rings. The molecule has 2 aromatic carbocycles. The van der Waals surface area contributed by atoms with E-state index in [-0.39, 0.29) is 23.0 Å². The van der Waals surface area contributed by atoms with E-state index in [1.165, 1.54) is 11.1 Å². The van der Waals surface area contributed by atoms with Gasteiger partial charge in [0.1, 0.15) is 11.5 Å². The zero-order chi connectivity index (χ0) is 21.6. The van der Waals surface area contributed by atoms with Crippen LogP contribution in [0.2, 0.25) is 0 Å². The van der Waals surface area contributed by atoms with E-state index in [0.717, 1.165) is 28.2 Å². The van der Waals surface area contributed by atoms with Gasteiger partial charge < -0.3 is 15.7 Å². The summed E-state index contributed by atoms with van der Waals surface area (Å²) in [6, 6.07) is 9.63. The first-order valence-electron chi connectivity index (χ1n) is 10.5. The maximum Gasteiger partial charge on any atom is 0.145 e. The van der Waals surface area contributed by atoms with Crippen LogP contribution in [0.3, 0.4) is 0 Å². The molecule has 1 aliphatic heterocycles. The Morgan fingerprint density at radius 3 is 2.60 bits per heavy atom. The topological polar surface area (TPSA) is 61.4 Å². The second kappa shape index (κ2) is 7.35. The third-order valence-electron chi connectivity index (χ3n) is 6.27. The zero-order valence-corrected chi connectivity index (χ0v) is 18.2. The number of ketones is 1. The summed E-state index contributed by atoms with van der Waals surface area (Å²) in [5.41, 5.74) is 6.53. The lowest BCUT2D eigenvalue weighted by Gasteiger charge is -2.35. The van der Waals surface area contributed by atoms with Crippen molar-refractivity contribution in [2.75, 3.05) is 10.6 Å². The maximum atomic E-state index is 13.4. The minimum absolute atomic E-state index is 0.178. The van der Waals surface area contributed by atoms with Gasteiger partial charge in [-0.1, -0.05) is 44.2 Å². The number of hydrogen-bond acceptors (Lipinski definition) is 4.